The van der Waals surface area contributed by atoms with Gasteiger partial charge in [-0.3, -0.25) is 0 Å². The summed E-state index contributed by atoms with van der Waals surface area (Å²) in [6.07, 6.45) is 11.9. The quantitative estimate of drug-likeness (QED) is 0.291. The molecule has 0 aromatic heterocycles. The summed E-state index contributed by atoms with van der Waals surface area (Å²) >= 11 is 0. The molecule has 0 bridgehead atoms. The minimum atomic E-state index is 0.571. The van der Waals surface area contributed by atoms with Gasteiger partial charge in [-0.15, -0.1) is 0 Å². The van der Waals surface area contributed by atoms with Crippen LogP contribution in [0.3, 0.4) is 0 Å². The Morgan fingerprint density at radius 3 is 2.13 bits per heavy atom. The Hall–Kier alpha value is -0.680. The van der Waals surface area contributed by atoms with E-state index in [9.17, 15) is 5.41 Å². The van der Waals surface area contributed by atoms with E-state index in [-0.39, 0.29) is 0 Å². The number of unbranched alkanes of at least 4 members (excludes halogenated alkanes) is 3. The fraction of sp³-hybridized carbons (Fsp3) is 0.786. The largest absolute Gasteiger partial charge is 0.700 e. The normalized spacial score (nSPS) is 11.3. The van der Waals surface area contributed by atoms with E-state index in [0.29, 0.717) is 5.71 Å². The molecule has 0 amide bonds. The van der Waals surface area contributed by atoms with Gasteiger partial charge in [-0.25, -0.2) is 0 Å². The maximum absolute atomic E-state index is 9.85. The Labute approximate surface area is 95.5 Å². The van der Waals surface area contributed by atoms with Crippen molar-refractivity contribution in [2.24, 2.45) is 0 Å². The minimum absolute atomic E-state index is 0.571. The molecule has 0 aromatic rings. The lowest BCUT2D eigenvalue weighted by atomic mass is 9.99. The van der Waals surface area contributed by atoms with Gasteiger partial charge in [0.25, 0.3) is 0 Å². The van der Waals surface area contributed by atoms with E-state index < -0.39 is 0 Å². The van der Waals surface area contributed by atoms with Crippen molar-refractivity contribution in [3.8, 4) is 0 Å². The second kappa shape index (κ2) is 9.86. The highest BCUT2D eigenvalue weighted by atomic mass is 14.4. The molecule has 0 aromatic carbocycles. The van der Waals surface area contributed by atoms with Gasteiger partial charge in [-0.2, -0.15) is 0 Å². The summed E-state index contributed by atoms with van der Waals surface area (Å²) in [6.45, 7) is 6.46. The molecule has 0 atom stereocenters. The molecule has 0 heterocycles. The zero-order chi connectivity index (χ0) is 11.5. The molecule has 0 unspecified atom stereocenters. The highest BCUT2D eigenvalue weighted by Crippen LogP contribution is 2.13. The highest BCUT2D eigenvalue weighted by Gasteiger charge is 2.08. The van der Waals surface area contributed by atoms with Gasteiger partial charge >= 0.3 is 0 Å². The van der Waals surface area contributed by atoms with Crippen molar-refractivity contribution in [2.75, 3.05) is 0 Å². The zero-order valence-corrected chi connectivity index (χ0v) is 10.6. The molecular formula is C14H25N. The summed E-state index contributed by atoms with van der Waals surface area (Å²) in [5.41, 5.74) is 1.65. The van der Waals surface area contributed by atoms with Gasteiger partial charge in [0, 0.05) is 12.8 Å². The van der Waals surface area contributed by atoms with Gasteiger partial charge in [0.15, 0.2) is 0 Å². The van der Waals surface area contributed by atoms with Crippen LogP contribution in [0.25, 0.3) is 5.41 Å². The van der Waals surface area contributed by atoms with Crippen LogP contribution in [0.15, 0.2) is 5.57 Å². The van der Waals surface area contributed by atoms with E-state index in [1.54, 1.807) is 0 Å². The first-order valence-electron chi connectivity index (χ1n) is 6.41. The summed E-state index contributed by atoms with van der Waals surface area (Å²) in [7, 11) is 0. The van der Waals surface area contributed by atoms with Gasteiger partial charge in [0.1, 0.15) is 5.57 Å². The molecule has 1 heteroatoms. The SMILES string of the molecule is CCCC[C+]=C(CCCC)C(=[N-])CCC. The molecule has 0 saturated heterocycles. The standard InChI is InChI=1S/C14H25N/c1-4-7-9-12-13(11-8-5-2)14(15)10-6-3/h4-11H2,1-3H3. The Morgan fingerprint density at radius 2 is 1.60 bits per heavy atom. The van der Waals surface area contributed by atoms with Crippen molar-refractivity contribution in [1.29, 1.82) is 0 Å². The molecule has 0 aliphatic carbocycles. The van der Waals surface area contributed by atoms with Crippen LogP contribution in [-0.4, -0.2) is 5.71 Å². The van der Waals surface area contributed by atoms with E-state index in [1.807, 2.05) is 0 Å². The summed E-state index contributed by atoms with van der Waals surface area (Å²) in [5.74, 6) is 0. The van der Waals surface area contributed by atoms with E-state index in [4.69, 9.17) is 0 Å². The number of nitrogens with zero attached hydrogens (tertiary/aromatic N) is 1. The molecule has 15 heavy (non-hydrogen) atoms. The fourth-order valence-corrected chi connectivity index (χ4v) is 1.49. The van der Waals surface area contributed by atoms with Crippen molar-refractivity contribution in [1.82, 2.24) is 0 Å². The molecule has 0 fully saturated rings. The van der Waals surface area contributed by atoms with Crippen LogP contribution in [-0.2, 0) is 0 Å². The van der Waals surface area contributed by atoms with E-state index in [2.05, 4.69) is 26.8 Å². The van der Waals surface area contributed by atoms with Gasteiger partial charge < -0.3 is 5.41 Å². The number of hydrogen-bond donors (Lipinski definition) is 0. The van der Waals surface area contributed by atoms with Gasteiger partial charge in [-0.1, -0.05) is 33.6 Å². The van der Waals surface area contributed by atoms with E-state index >= 15 is 0 Å². The van der Waals surface area contributed by atoms with E-state index in [1.165, 1.54) is 19.3 Å². The molecule has 0 rings (SSSR count). The Balaban J connectivity index is 4.15. The minimum Gasteiger partial charge on any atom is -0.700 e. The fourth-order valence-electron chi connectivity index (χ4n) is 1.49. The average Bonchev–Trinajstić information content (AvgIpc) is 2.23. The van der Waals surface area contributed by atoms with Crippen molar-refractivity contribution in [2.45, 2.75) is 72.1 Å². The van der Waals surface area contributed by atoms with Crippen molar-refractivity contribution in [3.63, 3.8) is 0 Å². The smallest absolute Gasteiger partial charge is 0.149 e. The Kier molecular flexibility index (Phi) is 9.41. The molecule has 0 aliphatic rings. The summed E-state index contributed by atoms with van der Waals surface area (Å²) in [6, 6.07) is 0. The zero-order valence-electron chi connectivity index (χ0n) is 10.6. The number of hydrogen-bond acceptors (Lipinski definition) is 0. The van der Waals surface area contributed by atoms with Crippen LogP contribution < -0.4 is 0 Å². The maximum atomic E-state index is 9.85. The lowest BCUT2D eigenvalue weighted by Gasteiger charge is -2.04. The second-order valence-electron chi connectivity index (χ2n) is 4.06. The van der Waals surface area contributed by atoms with Crippen molar-refractivity contribution < 1.29 is 0 Å². The molecule has 0 saturated carbocycles. The lowest BCUT2D eigenvalue weighted by Crippen LogP contribution is -2.01. The summed E-state index contributed by atoms with van der Waals surface area (Å²) in [4.78, 5) is 0. The van der Waals surface area contributed by atoms with Crippen LogP contribution in [0.1, 0.15) is 72.1 Å². The number of allylic oxidation sites excluding steroid dienone is 2. The topological polar surface area (TPSA) is 22.3 Å². The van der Waals surface area contributed by atoms with Gasteiger partial charge in [0.05, 0.1) is 12.5 Å². The first-order chi connectivity index (χ1) is 7.26. The maximum Gasteiger partial charge on any atom is 0.149 e. The molecule has 0 N–H and O–H groups in total. The number of rotatable bonds is 9. The van der Waals surface area contributed by atoms with Crippen LogP contribution in [0, 0.1) is 6.08 Å². The van der Waals surface area contributed by atoms with E-state index in [0.717, 1.165) is 37.7 Å². The Bertz CT molecular complexity index is 192. The van der Waals surface area contributed by atoms with Gasteiger partial charge in [0.2, 0.25) is 0 Å². The van der Waals surface area contributed by atoms with Crippen LogP contribution in [0.2, 0.25) is 0 Å². The molecule has 86 valence electrons. The third kappa shape index (κ3) is 7.27. The monoisotopic (exact) mass is 207 g/mol. The van der Waals surface area contributed by atoms with Crippen LogP contribution >= 0.6 is 0 Å². The predicted octanol–water partition coefficient (Wildman–Crippen LogP) is 4.91. The molecule has 0 spiro atoms. The van der Waals surface area contributed by atoms with Crippen LogP contribution in [0.4, 0.5) is 0 Å². The third-order valence-electron chi connectivity index (χ3n) is 2.48. The van der Waals surface area contributed by atoms with Crippen molar-refractivity contribution in [3.05, 3.63) is 17.1 Å². The summed E-state index contributed by atoms with van der Waals surface area (Å²) < 4.78 is 0. The van der Waals surface area contributed by atoms with Crippen LogP contribution in [0.5, 0.6) is 0 Å². The molecule has 0 aliphatic heterocycles. The first kappa shape index (κ1) is 14.3. The highest BCUT2D eigenvalue weighted by molar-refractivity contribution is 6.01. The summed E-state index contributed by atoms with van der Waals surface area (Å²) in [5, 5.41) is 9.85. The molecule has 0 radical (unpaired) electrons. The average molecular weight is 207 g/mol. The lowest BCUT2D eigenvalue weighted by molar-refractivity contribution is 0.771. The first-order valence-corrected chi connectivity index (χ1v) is 6.41. The Morgan fingerprint density at radius 1 is 0.933 bits per heavy atom. The second-order valence-corrected chi connectivity index (χ2v) is 4.06. The van der Waals surface area contributed by atoms with Gasteiger partial charge in [-0.05, 0) is 25.0 Å². The third-order valence-corrected chi connectivity index (χ3v) is 2.48. The molecular weight excluding hydrogens is 182 g/mol. The van der Waals surface area contributed by atoms with Crippen molar-refractivity contribution >= 4 is 5.71 Å². The molecule has 1 nitrogen and oxygen atoms in total. The predicted molar refractivity (Wildman–Crippen MR) is 69.1 cm³/mol.